The number of nitrogens with zero attached hydrogens (tertiary/aromatic N) is 3. The van der Waals surface area contributed by atoms with Crippen LogP contribution in [0, 0.1) is 30.9 Å². The Bertz CT molecular complexity index is 841. The van der Waals surface area contributed by atoms with Crippen molar-refractivity contribution in [2.24, 2.45) is 0 Å². The lowest BCUT2D eigenvalue weighted by Gasteiger charge is -2.11. The Morgan fingerprint density at radius 2 is 1.96 bits per heavy atom. The minimum atomic E-state index is -1.08. The summed E-state index contributed by atoms with van der Waals surface area (Å²) in [6.07, 6.45) is 1.18. The smallest absolute Gasteiger partial charge is 0.381 e. The number of nitrogens with one attached hydrogen (secondary N) is 1. The van der Waals surface area contributed by atoms with E-state index in [4.69, 9.17) is 5.11 Å². The number of hydrogen-bond acceptors (Lipinski definition) is 5. The van der Waals surface area contributed by atoms with Crippen molar-refractivity contribution < 1.29 is 19.6 Å². The van der Waals surface area contributed by atoms with Crippen LogP contribution in [0.2, 0.25) is 0 Å². The van der Waals surface area contributed by atoms with Crippen LogP contribution < -0.4 is 5.32 Å². The molecule has 0 atom stereocenters. The largest absolute Gasteiger partial charge is 0.478 e. The molecule has 0 unspecified atom stereocenters. The van der Waals surface area contributed by atoms with E-state index in [1.165, 1.54) is 16.8 Å². The van der Waals surface area contributed by atoms with E-state index in [-0.39, 0.29) is 17.9 Å². The van der Waals surface area contributed by atoms with Gasteiger partial charge in [-0.15, -0.1) is 0 Å². The lowest BCUT2D eigenvalue weighted by atomic mass is 10.0. The Hall–Kier alpha value is -3.23. The second kappa shape index (κ2) is 6.49. The molecule has 0 aliphatic carbocycles. The number of hydrogen-bond donors (Lipinski definition) is 2. The van der Waals surface area contributed by atoms with Crippen molar-refractivity contribution in [1.29, 1.82) is 0 Å². The van der Waals surface area contributed by atoms with Crippen LogP contribution in [0.3, 0.4) is 0 Å². The van der Waals surface area contributed by atoms with Crippen LogP contribution in [0.4, 0.5) is 11.5 Å². The van der Waals surface area contributed by atoms with Gasteiger partial charge in [0.05, 0.1) is 5.56 Å². The molecule has 9 nitrogen and oxygen atoms in total. The number of rotatable bonds is 5. The summed E-state index contributed by atoms with van der Waals surface area (Å²) in [5.74, 6) is -1.51. The van der Waals surface area contributed by atoms with Gasteiger partial charge < -0.3 is 20.5 Å². The zero-order valence-corrected chi connectivity index (χ0v) is 13.4. The predicted octanol–water partition coefficient (Wildman–Crippen LogP) is 2.05. The number of nitro groups is 1. The van der Waals surface area contributed by atoms with Gasteiger partial charge in [-0.2, -0.15) is 0 Å². The Morgan fingerprint density at radius 1 is 1.29 bits per heavy atom. The van der Waals surface area contributed by atoms with E-state index in [1.54, 1.807) is 26.8 Å². The van der Waals surface area contributed by atoms with Crippen molar-refractivity contribution >= 4 is 23.4 Å². The second-order valence-electron chi connectivity index (χ2n) is 5.37. The summed E-state index contributed by atoms with van der Waals surface area (Å²) in [6, 6.07) is 3.07. The molecule has 0 fully saturated rings. The molecule has 2 aromatic rings. The molecule has 1 aromatic carbocycles. The first kappa shape index (κ1) is 17.1. The summed E-state index contributed by atoms with van der Waals surface area (Å²) in [7, 11) is 0. The molecule has 1 heterocycles. The topological polar surface area (TPSA) is 127 Å². The molecule has 0 bridgehead atoms. The van der Waals surface area contributed by atoms with Crippen molar-refractivity contribution in [3.63, 3.8) is 0 Å². The van der Waals surface area contributed by atoms with Gasteiger partial charge in [0, 0.05) is 12.6 Å². The molecule has 1 aromatic heterocycles. The average Bonchev–Trinajstić information content (AvgIpc) is 2.83. The fraction of sp³-hybridized carbons (Fsp3) is 0.267. The molecule has 24 heavy (non-hydrogen) atoms. The number of aromatic nitrogens is 2. The summed E-state index contributed by atoms with van der Waals surface area (Å²) in [5.41, 5.74) is 1.80. The molecule has 0 spiro atoms. The van der Waals surface area contributed by atoms with Crippen LogP contribution in [0.1, 0.15) is 27.3 Å². The third-order valence-corrected chi connectivity index (χ3v) is 3.54. The van der Waals surface area contributed by atoms with Gasteiger partial charge in [0.2, 0.25) is 11.7 Å². The molecule has 2 rings (SSSR count). The van der Waals surface area contributed by atoms with Gasteiger partial charge in [-0.1, -0.05) is 6.07 Å². The minimum absolute atomic E-state index is 0.102. The van der Waals surface area contributed by atoms with E-state index in [2.05, 4.69) is 10.3 Å². The third-order valence-electron chi connectivity index (χ3n) is 3.54. The molecule has 2 N–H and O–H groups in total. The summed E-state index contributed by atoms with van der Waals surface area (Å²) >= 11 is 0. The first-order valence-corrected chi connectivity index (χ1v) is 7.01. The van der Waals surface area contributed by atoms with Crippen molar-refractivity contribution in [3.8, 4) is 0 Å². The fourth-order valence-electron chi connectivity index (χ4n) is 2.30. The van der Waals surface area contributed by atoms with Crippen LogP contribution in [0.15, 0.2) is 18.3 Å². The maximum atomic E-state index is 12.2. The Morgan fingerprint density at radius 3 is 2.50 bits per heavy atom. The van der Waals surface area contributed by atoms with E-state index in [0.29, 0.717) is 17.1 Å². The lowest BCUT2D eigenvalue weighted by molar-refractivity contribution is -0.389. The summed E-state index contributed by atoms with van der Waals surface area (Å²) in [5, 5.41) is 22.5. The van der Waals surface area contributed by atoms with Gasteiger partial charge in [0.15, 0.2) is 0 Å². The highest BCUT2D eigenvalue weighted by molar-refractivity contribution is 5.95. The summed E-state index contributed by atoms with van der Waals surface area (Å²) in [4.78, 5) is 37.1. The van der Waals surface area contributed by atoms with Crippen molar-refractivity contribution in [3.05, 3.63) is 51.0 Å². The fourth-order valence-corrected chi connectivity index (χ4v) is 2.30. The van der Waals surface area contributed by atoms with Gasteiger partial charge >= 0.3 is 11.8 Å². The normalized spacial score (nSPS) is 10.5. The number of amides is 1. The van der Waals surface area contributed by atoms with Crippen molar-refractivity contribution in [1.82, 2.24) is 9.55 Å². The SMILES string of the molecule is Cc1cc(C)c(C(=O)O)cc1NC(=O)Cn1cc([N+](=O)[O-])nc1C. The summed E-state index contributed by atoms with van der Waals surface area (Å²) < 4.78 is 1.36. The van der Waals surface area contributed by atoms with E-state index >= 15 is 0 Å². The molecule has 9 heteroatoms. The van der Waals surface area contributed by atoms with Crippen molar-refractivity contribution in [2.45, 2.75) is 27.3 Å². The number of carboxylic acids is 1. The van der Waals surface area contributed by atoms with Crippen LogP contribution in [-0.4, -0.2) is 31.5 Å². The van der Waals surface area contributed by atoms with E-state index in [0.717, 1.165) is 5.56 Å². The number of carbonyl (C=O) groups is 2. The highest BCUT2D eigenvalue weighted by Crippen LogP contribution is 2.21. The molecular weight excluding hydrogens is 316 g/mol. The Kier molecular flexibility index (Phi) is 4.63. The van der Waals surface area contributed by atoms with Gasteiger partial charge in [-0.05, 0) is 40.9 Å². The molecule has 126 valence electrons. The predicted molar refractivity (Wildman–Crippen MR) is 85.1 cm³/mol. The average molecular weight is 332 g/mol. The molecule has 0 saturated carbocycles. The first-order valence-electron chi connectivity index (χ1n) is 7.01. The zero-order chi connectivity index (χ0) is 18.0. The van der Waals surface area contributed by atoms with Crippen LogP contribution in [0.5, 0.6) is 0 Å². The monoisotopic (exact) mass is 332 g/mol. The number of carboxylic acid groups (broad SMARTS) is 1. The number of anilines is 1. The quantitative estimate of drug-likeness (QED) is 0.637. The summed E-state index contributed by atoms with van der Waals surface area (Å²) in [6.45, 7) is 4.82. The molecule has 0 radical (unpaired) electrons. The number of benzene rings is 1. The number of aromatic carboxylic acids is 1. The zero-order valence-electron chi connectivity index (χ0n) is 13.4. The Balaban J connectivity index is 2.20. The maximum absolute atomic E-state index is 12.2. The van der Waals surface area contributed by atoms with Crippen molar-refractivity contribution in [2.75, 3.05) is 5.32 Å². The van der Waals surface area contributed by atoms with Gasteiger partial charge in [-0.25, -0.2) is 4.79 Å². The van der Waals surface area contributed by atoms with Gasteiger partial charge in [0.25, 0.3) is 0 Å². The van der Waals surface area contributed by atoms with Gasteiger partial charge in [0.1, 0.15) is 12.7 Å². The number of aryl methyl sites for hydroxylation is 3. The number of imidazole rings is 1. The van der Waals surface area contributed by atoms with E-state index in [9.17, 15) is 19.7 Å². The lowest BCUT2D eigenvalue weighted by Crippen LogP contribution is -2.20. The van der Waals surface area contributed by atoms with E-state index < -0.39 is 16.8 Å². The molecule has 1 amide bonds. The van der Waals surface area contributed by atoms with Crippen LogP contribution in [-0.2, 0) is 11.3 Å². The first-order chi connectivity index (χ1) is 11.2. The molecule has 0 aliphatic rings. The van der Waals surface area contributed by atoms with Crippen LogP contribution in [0.25, 0.3) is 0 Å². The minimum Gasteiger partial charge on any atom is -0.478 e. The molecular formula is C15H16N4O5. The standard InChI is InChI=1S/C15H16N4O5/c1-8-4-9(2)12(5-11(8)15(21)22)17-14(20)7-18-6-13(19(23)24)16-10(18)3/h4-6H,7H2,1-3H3,(H,17,20)(H,21,22). The molecule has 0 aliphatic heterocycles. The second-order valence-corrected chi connectivity index (χ2v) is 5.37. The maximum Gasteiger partial charge on any atom is 0.381 e. The molecule has 0 saturated heterocycles. The highest BCUT2D eigenvalue weighted by Gasteiger charge is 2.18. The van der Waals surface area contributed by atoms with Crippen LogP contribution >= 0.6 is 0 Å². The Labute approximate surface area is 137 Å². The highest BCUT2D eigenvalue weighted by atomic mass is 16.6. The van der Waals surface area contributed by atoms with Gasteiger partial charge in [-0.3, -0.25) is 9.36 Å². The number of carbonyl (C=O) groups excluding carboxylic acids is 1. The third kappa shape index (κ3) is 3.57. The van der Waals surface area contributed by atoms with E-state index in [1.807, 2.05) is 0 Å².